The van der Waals surface area contributed by atoms with Crippen LogP contribution in [0.2, 0.25) is 0 Å². The van der Waals surface area contributed by atoms with Crippen LogP contribution in [0.1, 0.15) is 27.9 Å². The Bertz CT molecular complexity index is 800. The average Bonchev–Trinajstić information content (AvgIpc) is 2.87. The lowest BCUT2D eigenvalue weighted by Gasteiger charge is -2.14. The highest BCUT2D eigenvalue weighted by molar-refractivity contribution is 7.91. The van der Waals surface area contributed by atoms with E-state index < -0.39 is 9.84 Å². The van der Waals surface area contributed by atoms with Gasteiger partial charge >= 0.3 is 0 Å². The molecule has 1 amide bonds. The third-order valence-corrected chi connectivity index (χ3v) is 5.83. The van der Waals surface area contributed by atoms with Gasteiger partial charge in [0, 0.05) is 11.6 Å². The number of carbonyl (C=O) groups excluding carboxylic acids is 1. The summed E-state index contributed by atoms with van der Waals surface area (Å²) < 4.78 is 23.0. The van der Waals surface area contributed by atoms with Gasteiger partial charge in [-0.15, -0.1) is 0 Å². The van der Waals surface area contributed by atoms with E-state index in [1.54, 1.807) is 6.07 Å². The van der Waals surface area contributed by atoms with E-state index in [-0.39, 0.29) is 23.5 Å². The first-order chi connectivity index (χ1) is 11.0. The van der Waals surface area contributed by atoms with Gasteiger partial charge in [-0.1, -0.05) is 48.5 Å². The number of nitrogens with one attached hydrogen (secondary N) is 1. The summed E-state index contributed by atoms with van der Waals surface area (Å²) in [5, 5.41) is 2.86. The highest BCUT2D eigenvalue weighted by Crippen LogP contribution is 2.16. The Kier molecular flexibility index (Phi) is 4.48. The zero-order valence-corrected chi connectivity index (χ0v) is 13.6. The topological polar surface area (TPSA) is 63.2 Å². The fourth-order valence-electron chi connectivity index (χ4n) is 2.88. The van der Waals surface area contributed by atoms with Crippen molar-refractivity contribution in [3.05, 3.63) is 71.3 Å². The minimum Gasteiger partial charge on any atom is -0.348 e. The van der Waals surface area contributed by atoms with Gasteiger partial charge in [-0.05, 0) is 30.0 Å². The molecule has 0 spiro atoms. The third kappa shape index (κ3) is 3.99. The van der Waals surface area contributed by atoms with Gasteiger partial charge in [-0.2, -0.15) is 0 Å². The molecule has 5 heteroatoms. The van der Waals surface area contributed by atoms with E-state index in [1.165, 1.54) is 0 Å². The Balaban J connectivity index is 1.76. The maximum Gasteiger partial charge on any atom is 0.251 e. The second kappa shape index (κ2) is 6.54. The van der Waals surface area contributed by atoms with Crippen LogP contribution in [0.3, 0.4) is 0 Å². The maximum absolute atomic E-state index is 12.5. The van der Waals surface area contributed by atoms with E-state index in [0.29, 0.717) is 18.4 Å². The number of sulfone groups is 1. The van der Waals surface area contributed by atoms with E-state index in [9.17, 15) is 13.2 Å². The van der Waals surface area contributed by atoms with Crippen molar-refractivity contribution in [1.82, 2.24) is 5.32 Å². The van der Waals surface area contributed by atoms with Crippen molar-refractivity contribution in [2.75, 3.05) is 11.5 Å². The van der Waals surface area contributed by atoms with E-state index in [0.717, 1.165) is 11.1 Å². The molecule has 1 aliphatic heterocycles. The number of amides is 1. The predicted octanol–water partition coefficient (Wildman–Crippen LogP) is 2.19. The van der Waals surface area contributed by atoms with Crippen molar-refractivity contribution in [2.24, 2.45) is 0 Å². The molecule has 1 N–H and O–H groups in total. The summed E-state index contributed by atoms with van der Waals surface area (Å²) in [6.45, 7) is 0. The summed E-state index contributed by atoms with van der Waals surface area (Å²) in [5.41, 5.74) is 2.69. The molecule has 3 rings (SSSR count). The summed E-state index contributed by atoms with van der Waals surface area (Å²) in [6, 6.07) is 17.1. The van der Waals surface area contributed by atoms with E-state index in [4.69, 9.17) is 0 Å². The SMILES string of the molecule is O=C(NC1CCS(=O)(=O)C1)c1ccccc1Cc1ccccc1. The molecule has 2 aromatic rings. The van der Waals surface area contributed by atoms with Gasteiger partial charge in [0.2, 0.25) is 0 Å². The van der Waals surface area contributed by atoms with Gasteiger partial charge in [-0.25, -0.2) is 8.42 Å². The summed E-state index contributed by atoms with van der Waals surface area (Å²) in [5.74, 6) is 0.00191. The Morgan fingerprint density at radius 2 is 1.74 bits per heavy atom. The van der Waals surface area contributed by atoms with Crippen LogP contribution >= 0.6 is 0 Å². The molecule has 1 fully saturated rings. The maximum atomic E-state index is 12.5. The molecule has 1 atom stereocenters. The van der Waals surface area contributed by atoms with Gasteiger partial charge in [0.1, 0.15) is 0 Å². The zero-order chi connectivity index (χ0) is 16.3. The van der Waals surface area contributed by atoms with Crippen LogP contribution in [0.15, 0.2) is 54.6 Å². The zero-order valence-electron chi connectivity index (χ0n) is 12.7. The standard InChI is InChI=1S/C18H19NO3S/c20-18(19-16-10-11-23(21,22)13-16)17-9-5-4-8-15(17)12-14-6-2-1-3-7-14/h1-9,16H,10-13H2,(H,19,20). The van der Waals surface area contributed by atoms with Gasteiger partial charge in [0.05, 0.1) is 11.5 Å². The summed E-state index contributed by atoms with van der Waals surface area (Å²) >= 11 is 0. The lowest BCUT2D eigenvalue weighted by Crippen LogP contribution is -2.36. The molecule has 0 radical (unpaired) electrons. The van der Waals surface area contributed by atoms with Gasteiger partial charge in [0.25, 0.3) is 5.91 Å². The van der Waals surface area contributed by atoms with Crippen LogP contribution in [0, 0.1) is 0 Å². The first-order valence-electron chi connectivity index (χ1n) is 7.67. The molecular weight excluding hydrogens is 310 g/mol. The van der Waals surface area contributed by atoms with Crippen molar-refractivity contribution in [1.29, 1.82) is 0 Å². The largest absolute Gasteiger partial charge is 0.348 e. The molecule has 1 unspecified atom stereocenters. The quantitative estimate of drug-likeness (QED) is 0.935. The minimum atomic E-state index is -3.00. The highest BCUT2D eigenvalue weighted by Gasteiger charge is 2.29. The van der Waals surface area contributed by atoms with Crippen LogP contribution in [0.25, 0.3) is 0 Å². The lowest BCUT2D eigenvalue weighted by atomic mass is 9.99. The fourth-order valence-corrected chi connectivity index (χ4v) is 4.56. The van der Waals surface area contributed by atoms with E-state index in [1.807, 2.05) is 48.5 Å². The number of hydrogen-bond acceptors (Lipinski definition) is 3. The van der Waals surface area contributed by atoms with E-state index >= 15 is 0 Å². The average molecular weight is 329 g/mol. The van der Waals surface area contributed by atoms with E-state index in [2.05, 4.69) is 5.32 Å². The number of carbonyl (C=O) groups is 1. The number of benzene rings is 2. The summed E-state index contributed by atoms with van der Waals surface area (Å²) in [6.07, 6.45) is 1.17. The molecule has 1 heterocycles. The van der Waals surface area contributed by atoms with Crippen molar-refractivity contribution in [3.8, 4) is 0 Å². The molecule has 1 aliphatic rings. The smallest absolute Gasteiger partial charge is 0.251 e. The molecule has 4 nitrogen and oxygen atoms in total. The fraction of sp³-hybridized carbons (Fsp3) is 0.278. The Hall–Kier alpha value is -2.14. The van der Waals surface area contributed by atoms with Gasteiger partial charge in [0.15, 0.2) is 9.84 Å². The Labute approximate surface area is 136 Å². The number of hydrogen-bond donors (Lipinski definition) is 1. The summed E-state index contributed by atoms with van der Waals surface area (Å²) in [7, 11) is -3.00. The second-order valence-electron chi connectivity index (χ2n) is 5.89. The molecule has 0 aromatic heterocycles. The monoisotopic (exact) mass is 329 g/mol. The molecule has 23 heavy (non-hydrogen) atoms. The lowest BCUT2D eigenvalue weighted by molar-refractivity contribution is 0.0940. The van der Waals surface area contributed by atoms with Crippen LogP contribution in [-0.4, -0.2) is 31.9 Å². The van der Waals surface area contributed by atoms with Crippen LogP contribution < -0.4 is 5.32 Å². The first-order valence-corrected chi connectivity index (χ1v) is 9.49. The van der Waals surface area contributed by atoms with Gasteiger partial charge in [-0.3, -0.25) is 4.79 Å². The second-order valence-corrected chi connectivity index (χ2v) is 8.12. The Morgan fingerprint density at radius 3 is 2.43 bits per heavy atom. The Morgan fingerprint density at radius 1 is 1.04 bits per heavy atom. The predicted molar refractivity (Wildman–Crippen MR) is 90.2 cm³/mol. The third-order valence-electron chi connectivity index (χ3n) is 4.07. The summed E-state index contributed by atoms with van der Waals surface area (Å²) in [4.78, 5) is 12.5. The molecular formula is C18H19NO3S. The molecule has 0 bridgehead atoms. The molecule has 0 aliphatic carbocycles. The molecule has 0 saturated carbocycles. The molecule has 120 valence electrons. The van der Waals surface area contributed by atoms with Gasteiger partial charge < -0.3 is 5.32 Å². The van der Waals surface area contributed by atoms with Crippen LogP contribution in [0.5, 0.6) is 0 Å². The van der Waals surface area contributed by atoms with Crippen molar-refractivity contribution >= 4 is 15.7 Å². The van der Waals surface area contributed by atoms with Crippen molar-refractivity contribution in [3.63, 3.8) is 0 Å². The highest BCUT2D eigenvalue weighted by atomic mass is 32.2. The molecule has 2 aromatic carbocycles. The number of rotatable bonds is 4. The van der Waals surface area contributed by atoms with Crippen LogP contribution in [0.4, 0.5) is 0 Å². The van der Waals surface area contributed by atoms with Crippen molar-refractivity contribution < 1.29 is 13.2 Å². The normalized spacial score (nSPS) is 19.4. The minimum absolute atomic E-state index is 0.0413. The molecule has 1 saturated heterocycles. The van der Waals surface area contributed by atoms with Crippen LogP contribution in [-0.2, 0) is 16.3 Å². The van der Waals surface area contributed by atoms with Crippen molar-refractivity contribution in [2.45, 2.75) is 18.9 Å². The first kappa shape index (κ1) is 15.7.